The molecule has 0 amide bonds. The minimum absolute atomic E-state index is 0.0811. The van der Waals surface area contributed by atoms with Crippen molar-refractivity contribution in [3.05, 3.63) is 76.1 Å². The number of alkyl halides is 6. The molecule has 0 aliphatic carbocycles. The van der Waals surface area contributed by atoms with Gasteiger partial charge in [-0.1, -0.05) is 24.3 Å². The summed E-state index contributed by atoms with van der Waals surface area (Å²) in [6.45, 7) is 3.64. The van der Waals surface area contributed by atoms with E-state index in [9.17, 15) is 31.1 Å². The summed E-state index contributed by atoms with van der Waals surface area (Å²) in [6, 6.07) is 11.9. The van der Waals surface area contributed by atoms with E-state index >= 15 is 0 Å². The third-order valence-corrected chi connectivity index (χ3v) is 5.72. The fraction of sp³-hybridized carbons (Fsp3) is 0.385. The highest BCUT2D eigenvalue weighted by Gasteiger charge is 2.38. The number of rotatable bonds is 6. The lowest BCUT2D eigenvalue weighted by Crippen LogP contribution is -2.28. The molecule has 0 bridgehead atoms. The zero-order valence-corrected chi connectivity index (χ0v) is 22.1. The number of nitrogens with zero attached hydrogens (tertiary/aromatic N) is 2. The van der Waals surface area contributed by atoms with Crippen LogP contribution in [0.3, 0.4) is 0 Å². The van der Waals surface area contributed by atoms with Crippen molar-refractivity contribution in [3.63, 3.8) is 0 Å². The third-order valence-electron chi connectivity index (χ3n) is 5.72. The van der Waals surface area contributed by atoms with Gasteiger partial charge in [0.1, 0.15) is 5.82 Å². The minimum atomic E-state index is -5.08. The first kappa shape index (κ1) is 34.0. The molecular weight excluding hydrogens is 578 g/mol. The number of nitrogens with one attached hydrogen (secondary N) is 2. The summed E-state index contributed by atoms with van der Waals surface area (Å²) in [6.07, 6.45) is -4.64. The Bertz CT molecular complexity index is 1310. The number of benzene rings is 1. The van der Waals surface area contributed by atoms with Gasteiger partial charge in [-0.05, 0) is 44.6 Å². The van der Waals surface area contributed by atoms with Gasteiger partial charge >= 0.3 is 24.3 Å². The molecule has 10 nitrogen and oxygen atoms in total. The maximum absolute atomic E-state index is 12.2. The molecule has 1 aromatic carbocycles. The number of aromatic nitrogens is 2. The van der Waals surface area contributed by atoms with Gasteiger partial charge in [0.2, 0.25) is 0 Å². The summed E-state index contributed by atoms with van der Waals surface area (Å²) in [7, 11) is 2.09. The molecule has 0 radical (unpaired) electrons. The zero-order valence-electron chi connectivity index (χ0n) is 22.1. The third kappa shape index (κ3) is 11.7. The van der Waals surface area contributed by atoms with Crippen molar-refractivity contribution in [2.75, 3.05) is 20.1 Å². The summed E-state index contributed by atoms with van der Waals surface area (Å²) in [5.41, 5.74) is 4.14. The zero-order chi connectivity index (χ0) is 31.5. The molecule has 1 saturated heterocycles. The molecule has 0 saturated carbocycles. The van der Waals surface area contributed by atoms with Gasteiger partial charge in [0.15, 0.2) is 0 Å². The minimum Gasteiger partial charge on any atom is -0.475 e. The summed E-state index contributed by atoms with van der Waals surface area (Å²) >= 11 is 0. The van der Waals surface area contributed by atoms with Crippen molar-refractivity contribution < 1.29 is 50.6 Å². The predicted molar refractivity (Wildman–Crippen MR) is 136 cm³/mol. The number of aliphatic carboxylic acids is 2. The first-order chi connectivity index (χ1) is 19.6. The van der Waals surface area contributed by atoms with Gasteiger partial charge in [0, 0.05) is 36.2 Å². The average molecular weight is 607 g/mol. The Balaban J connectivity index is 0.000000367. The second kappa shape index (κ2) is 15.2. The molecule has 4 N–H and O–H groups in total. The maximum Gasteiger partial charge on any atom is 0.490 e. The highest BCUT2D eigenvalue weighted by atomic mass is 19.4. The number of aromatic amines is 1. The Morgan fingerprint density at radius 2 is 1.48 bits per heavy atom. The Hall–Kier alpha value is -4.18. The molecule has 42 heavy (non-hydrogen) atoms. The number of carboxylic acid groups (broad SMARTS) is 2. The molecule has 1 fully saturated rings. The van der Waals surface area contributed by atoms with Crippen LogP contribution in [0.1, 0.15) is 35.6 Å². The van der Waals surface area contributed by atoms with Crippen molar-refractivity contribution in [3.8, 4) is 11.4 Å². The van der Waals surface area contributed by atoms with Gasteiger partial charge in [0.05, 0.1) is 18.2 Å². The Labute approximate surface area is 235 Å². The second-order valence-electron chi connectivity index (χ2n) is 9.15. The first-order valence-corrected chi connectivity index (χ1v) is 12.3. The average Bonchev–Trinajstić information content (AvgIpc) is 3.42. The lowest BCUT2D eigenvalue weighted by Gasteiger charge is -2.22. The van der Waals surface area contributed by atoms with Gasteiger partial charge in [0.25, 0.3) is 5.56 Å². The van der Waals surface area contributed by atoms with Gasteiger partial charge in [-0.3, -0.25) is 9.69 Å². The predicted octanol–water partition coefficient (Wildman–Crippen LogP) is 4.40. The van der Waals surface area contributed by atoms with Crippen LogP contribution in [0.4, 0.5) is 26.3 Å². The normalized spacial score (nSPS) is 13.9. The standard InChI is InChI=1S/C22H26N4O2.2C2HF3O2/c1-26(14-17-8-11-28-15-17)13-16-2-4-19(5-3-16)22-24-20(12-21(27)25-22)18-6-9-23-10-7-18;2*3-2(4,5)1(6)7/h2-5,8,11-12,15,18,23H,6-7,9-10,13-14H2,1H3,(H,24,25,27);2*(H,6,7). The van der Waals surface area contributed by atoms with Crippen molar-refractivity contribution in [1.82, 2.24) is 20.2 Å². The van der Waals surface area contributed by atoms with Crippen molar-refractivity contribution in [2.24, 2.45) is 0 Å². The van der Waals surface area contributed by atoms with Crippen LogP contribution >= 0.6 is 0 Å². The largest absolute Gasteiger partial charge is 0.490 e. The Kier molecular flexibility index (Phi) is 12.3. The number of piperidine rings is 1. The Morgan fingerprint density at radius 1 is 0.952 bits per heavy atom. The molecule has 230 valence electrons. The molecule has 1 aliphatic heterocycles. The fourth-order valence-electron chi connectivity index (χ4n) is 3.77. The molecule has 4 rings (SSSR count). The number of H-pyrrole nitrogens is 1. The number of carbonyl (C=O) groups is 2. The Morgan fingerprint density at radius 3 is 1.95 bits per heavy atom. The monoisotopic (exact) mass is 606 g/mol. The van der Waals surface area contributed by atoms with E-state index < -0.39 is 24.3 Å². The molecule has 0 spiro atoms. The summed E-state index contributed by atoms with van der Waals surface area (Å²) in [5, 5.41) is 17.6. The molecule has 3 heterocycles. The number of hydrogen-bond donors (Lipinski definition) is 4. The lowest BCUT2D eigenvalue weighted by atomic mass is 9.94. The van der Waals surface area contributed by atoms with Crippen molar-refractivity contribution in [2.45, 2.75) is 44.2 Å². The fourth-order valence-corrected chi connectivity index (χ4v) is 3.77. The van der Waals surface area contributed by atoms with Gasteiger partial charge in [-0.25, -0.2) is 14.6 Å². The summed E-state index contributed by atoms with van der Waals surface area (Å²) in [5.74, 6) is -4.50. The van der Waals surface area contributed by atoms with Crippen molar-refractivity contribution in [1.29, 1.82) is 0 Å². The maximum atomic E-state index is 12.2. The number of carboxylic acids is 2. The molecule has 2 aromatic heterocycles. The van der Waals surface area contributed by atoms with Gasteiger partial charge in [-0.15, -0.1) is 0 Å². The van der Waals surface area contributed by atoms with Gasteiger partial charge in [-0.2, -0.15) is 26.3 Å². The van der Waals surface area contributed by atoms with Crippen LogP contribution in [0.25, 0.3) is 11.4 Å². The van der Waals surface area contributed by atoms with Crippen LogP contribution in [0.2, 0.25) is 0 Å². The molecule has 0 unspecified atom stereocenters. The van der Waals surface area contributed by atoms with E-state index in [0.717, 1.165) is 55.8 Å². The first-order valence-electron chi connectivity index (χ1n) is 12.3. The van der Waals surface area contributed by atoms with E-state index in [1.165, 1.54) is 5.56 Å². The molecular formula is C26H28F6N4O6. The molecule has 1 aliphatic rings. The summed E-state index contributed by atoms with van der Waals surface area (Å²) in [4.78, 5) is 39.8. The van der Waals surface area contributed by atoms with E-state index in [-0.39, 0.29) is 5.56 Å². The second-order valence-corrected chi connectivity index (χ2v) is 9.15. The molecule has 3 aromatic rings. The number of hydrogen-bond acceptors (Lipinski definition) is 7. The lowest BCUT2D eigenvalue weighted by molar-refractivity contribution is -0.193. The van der Waals surface area contributed by atoms with Crippen LogP contribution in [0.15, 0.2) is 58.1 Å². The quantitative estimate of drug-likeness (QED) is 0.300. The highest BCUT2D eigenvalue weighted by Crippen LogP contribution is 2.24. The van der Waals surface area contributed by atoms with E-state index in [1.54, 1.807) is 18.6 Å². The highest BCUT2D eigenvalue weighted by molar-refractivity contribution is 5.73. The van der Waals surface area contributed by atoms with E-state index in [0.29, 0.717) is 11.7 Å². The van der Waals surface area contributed by atoms with Crippen LogP contribution in [0.5, 0.6) is 0 Å². The van der Waals surface area contributed by atoms with E-state index in [1.807, 2.05) is 18.2 Å². The van der Waals surface area contributed by atoms with Crippen LogP contribution in [-0.2, 0) is 22.7 Å². The van der Waals surface area contributed by atoms with E-state index in [4.69, 9.17) is 29.2 Å². The summed E-state index contributed by atoms with van der Waals surface area (Å²) < 4.78 is 68.6. The number of furan rings is 1. The van der Waals surface area contributed by atoms with Crippen LogP contribution < -0.4 is 10.9 Å². The topological polar surface area (TPSA) is 149 Å². The SMILES string of the molecule is CN(Cc1ccc(-c2nc(C3CCNCC3)cc(=O)[nH]2)cc1)Cc1ccoc1.O=C(O)C(F)(F)F.O=C(O)C(F)(F)F. The molecule has 16 heteroatoms. The van der Waals surface area contributed by atoms with Crippen molar-refractivity contribution >= 4 is 11.9 Å². The molecule has 0 atom stereocenters. The van der Waals surface area contributed by atoms with Crippen LogP contribution in [-0.4, -0.2) is 69.5 Å². The number of halogens is 6. The van der Waals surface area contributed by atoms with E-state index in [2.05, 4.69) is 34.4 Å². The van der Waals surface area contributed by atoms with Gasteiger partial charge < -0.3 is 24.9 Å². The van der Waals surface area contributed by atoms with Crippen LogP contribution in [0, 0.1) is 0 Å². The smallest absolute Gasteiger partial charge is 0.475 e.